The first kappa shape index (κ1) is 11.0. The summed E-state index contributed by atoms with van der Waals surface area (Å²) in [5, 5.41) is 1.66. The molecule has 0 bridgehead atoms. The highest BCUT2D eigenvalue weighted by atomic mass is 28.2. The largest absolute Gasteiger partial charge is 0.416 e. The predicted octanol–water partition coefficient (Wildman–Crippen LogP) is 2.73. The molecule has 0 fully saturated rings. The fraction of sp³-hybridized carbons (Fsp3) is 0.818. The van der Waals surface area contributed by atoms with Crippen LogP contribution in [-0.4, -0.2) is 15.9 Å². The molecule has 0 heterocycles. The van der Waals surface area contributed by atoms with Crippen molar-refractivity contribution in [2.75, 3.05) is 0 Å². The monoisotopic (exact) mass is 198 g/mol. The molecule has 76 valence electrons. The lowest BCUT2D eigenvalue weighted by Gasteiger charge is -2.17. The molecule has 0 unspecified atom stereocenters. The molecule has 1 aliphatic carbocycles. The summed E-state index contributed by atoms with van der Waals surface area (Å²) in [6.45, 7) is 4.44. The molecular formula is C11H22OSi. The van der Waals surface area contributed by atoms with E-state index in [1.54, 1.807) is 5.20 Å². The first-order valence-electron chi connectivity index (χ1n) is 5.66. The highest BCUT2D eigenvalue weighted by molar-refractivity contribution is 6.38. The molecule has 0 aromatic heterocycles. The van der Waals surface area contributed by atoms with Gasteiger partial charge >= 0.3 is 0 Å². The van der Waals surface area contributed by atoms with E-state index in [0.717, 1.165) is 0 Å². The second-order valence-electron chi connectivity index (χ2n) is 3.86. The minimum absolute atomic E-state index is 0.343. The lowest BCUT2D eigenvalue weighted by molar-refractivity contribution is 0.204. The Balaban J connectivity index is 2.20. The van der Waals surface area contributed by atoms with Crippen LogP contribution in [0.3, 0.4) is 0 Å². The molecule has 0 radical (unpaired) electrons. The average molecular weight is 198 g/mol. The van der Waals surface area contributed by atoms with E-state index in [-0.39, 0.29) is 9.76 Å². The normalized spacial score (nSPS) is 18.5. The minimum atomic E-state index is -0.343. The summed E-state index contributed by atoms with van der Waals surface area (Å²) in [4.78, 5) is 0. The Hall–Kier alpha value is -0.0831. The van der Waals surface area contributed by atoms with Crippen LogP contribution < -0.4 is 0 Å². The van der Waals surface area contributed by atoms with Crippen LogP contribution in [0, 0.1) is 0 Å². The summed E-state index contributed by atoms with van der Waals surface area (Å²) in [5.74, 6) is 0. The topological polar surface area (TPSA) is 9.23 Å². The van der Waals surface area contributed by atoms with E-state index >= 15 is 0 Å². The van der Waals surface area contributed by atoms with Gasteiger partial charge in [-0.15, -0.1) is 0 Å². The Labute approximate surface area is 84.5 Å². The maximum atomic E-state index is 5.95. The molecule has 13 heavy (non-hydrogen) atoms. The van der Waals surface area contributed by atoms with Crippen molar-refractivity contribution in [3.63, 3.8) is 0 Å². The molecule has 0 spiro atoms. The zero-order valence-corrected chi connectivity index (χ0v) is 10.4. The van der Waals surface area contributed by atoms with Gasteiger partial charge in [-0.3, -0.25) is 0 Å². The van der Waals surface area contributed by atoms with Gasteiger partial charge in [0.2, 0.25) is 0 Å². The van der Waals surface area contributed by atoms with Crippen molar-refractivity contribution < 1.29 is 4.43 Å². The number of hydrogen-bond donors (Lipinski definition) is 0. The van der Waals surface area contributed by atoms with Crippen LogP contribution >= 0.6 is 0 Å². The molecule has 0 saturated carbocycles. The van der Waals surface area contributed by atoms with Crippen molar-refractivity contribution in [1.29, 1.82) is 0 Å². The Kier molecular flexibility index (Phi) is 5.40. The summed E-state index contributed by atoms with van der Waals surface area (Å²) in [6, 6.07) is 0. The average Bonchev–Trinajstić information content (AvgIpc) is 2.21. The second-order valence-corrected chi connectivity index (χ2v) is 5.39. The molecule has 0 saturated heterocycles. The third-order valence-electron chi connectivity index (χ3n) is 2.80. The van der Waals surface area contributed by atoms with Gasteiger partial charge in [0.15, 0.2) is 9.76 Å². The highest BCUT2D eigenvalue weighted by Gasteiger charge is 2.07. The van der Waals surface area contributed by atoms with Crippen LogP contribution in [-0.2, 0) is 4.43 Å². The van der Waals surface area contributed by atoms with Gasteiger partial charge in [-0.25, -0.2) is 0 Å². The molecule has 0 aliphatic heterocycles. The van der Waals surface area contributed by atoms with Crippen LogP contribution in [0.2, 0.25) is 0 Å². The van der Waals surface area contributed by atoms with Crippen LogP contribution in [0.1, 0.15) is 52.4 Å². The van der Waals surface area contributed by atoms with Crippen LogP contribution in [0.15, 0.2) is 11.3 Å². The molecule has 1 aliphatic rings. The molecule has 1 rings (SSSR count). The minimum Gasteiger partial charge on any atom is -0.416 e. The van der Waals surface area contributed by atoms with Gasteiger partial charge < -0.3 is 4.43 Å². The molecule has 0 amide bonds. The number of allylic oxidation sites excluding steroid dienone is 2. The summed E-state index contributed by atoms with van der Waals surface area (Å²) in [7, 11) is -0.343. The fourth-order valence-corrected chi connectivity index (χ4v) is 3.42. The molecule has 1 nitrogen and oxygen atoms in total. The standard InChI is InChI=1S/C11H22OSi/c1-3-10(4-2)12-13-11-8-6-5-7-9-11/h8,10H,3-7,9,13H2,1-2H3. The van der Waals surface area contributed by atoms with E-state index in [0.29, 0.717) is 6.10 Å². The molecular weight excluding hydrogens is 176 g/mol. The van der Waals surface area contributed by atoms with Gasteiger partial charge in [-0.05, 0) is 38.5 Å². The van der Waals surface area contributed by atoms with Gasteiger partial charge in [0.25, 0.3) is 0 Å². The van der Waals surface area contributed by atoms with Gasteiger partial charge in [-0.1, -0.05) is 25.1 Å². The maximum absolute atomic E-state index is 5.95. The lowest BCUT2D eigenvalue weighted by atomic mass is 10.1. The summed E-state index contributed by atoms with van der Waals surface area (Å²) < 4.78 is 5.95. The van der Waals surface area contributed by atoms with Crippen molar-refractivity contribution in [1.82, 2.24) is 0 Å². The molecule has 2 heteroatoms. The smallest absolute Gasteiger partial charge is 0.188 e. The molecule has 0 atom stereocenters. The third-order valence-corrected chi connectivity index (χ3v) is 4.45. The van der Waals surface area contributed by atoms with Crippen molar-refractivity contribution in [2.24, 2.45) is 0 Å². The summed E-state index contributed by atoms with van der Waals surface area (Å²) in [5.41, 5.74) is 0. The maximum Gasteiger partial charge on any atom is 0.188 e. The quantitative estimate of drug-likeness (QED) is 0.617. The Morgan fingerprint density at radius 2 is 2.15 bits per heavy atom. The van der Waals surface area contributed by atoms with E-state index in [9.17, 15) is 0 Å². The zero-order valence-electron chi connectivity index (χ0n) is 9.01. The molecule has 0 N–H and O–H groups in total. The molecule has 0 aromatic carbocycles. The van der Waals surface area contributed by atoms with Crippen molar-refractivity contribution in [2.45, 2.75) is 58.5 Å². The summed E-state index contributed by atoms with van der Waals surface area (Å²) >= 11 is 0. The lowest BCUT2D eigenvalue weighted by Crippen LogP contribution is -2.16. The fourth-order valence-electron chi connectivity index (χ4n) is 1.79. The van der Waals surface area contributed by atoms with Gasteiger partial charge in [0.1, 0.15) is 0 Å². The van der Waals surface area contributed by atoms with Gasteiger partial charge in [0, 0.05) is 6.10 Å². The number of rotatable bonds is 5. The van der Waals surface area contributed by atoms with E-state index in [1.165, 1.54) is 38.5 Å². The van der Waals surface area contributed by atoms with E-state index in [2.05, 4.69) is 19.9 Å². The zero-order chi connectivity index (χ0) is 9.52. The first-order valence-corrected chi connectivity index (χ1v) is 6.94. The van der Waals surface area contributed by atoms with Gasteiger partial charge in [-0.2, -0.15) is 0 Å². The SMILES string of the molecule is CCC(CC)O[SiH2]C1=CCCCC1. The van der Waals surface area contributed by atoms with Crippen LogP contribution in [0.5, 0.6) is 0 Å². The second kappa shape index (κ2) is 6.38. The Bertz CT molecular complexity index is 161. The van der Waals surface area contributed by atoms with Crippen LogP contribution in [0.25, 0.3) is 0 Å². The molecule has 0 aromatic rings. The highest BCUT2D eigenvalue weighted by Crippen LogP contribution is 2.17. The third kappa shape index (κ3) is 4.10. The van der Waals surface area contributed by atoms with E-state index < -0.39 is 0 Å². The van der Waals surface area contributed by atoms with E-state index in [1.807, 2.05) is 0 Å². The van der Waals surface area contributed by atoms with Gasteiger partial charge in [0.05, 0.1) is 0 Å². The van der Waals surface area contributed by atoms with Crippen molar-refractivity contribution in [3.8, 4) is 0 Å². The first-order chi connectivity index (χ1) is 6.36. The summed E-state index contributed by atoms with van der Waals surface area (Å²) in [6.07, 6.45) is 10.7. The predicted molar refractivity (Wildman–Crippen MR) is 60.6 cm³/mol. The van der Waals surface area contributed by atoms with Crippen molar-refractivity contribution in [3.05, 3.63) is 11.3 Å². The Morgan fingerprint density at radius 1 is 1.38 bits per heavy atom. The number of hydrogen-bond acceptors (Lipinski definition) is 1. The Morgan fingerprint density at radius 3 is 2.69 bits per heavy atom. The van der Waals surface area contributed by atoms with E-state index in [4.69, 9.17) is 4.43 Å². The van der Waals surface area contributed by atoms with Crippen LogP contribution in [0.4, 0.5) is 0 Å². The van der Waals surface area contributed by atoms with Crippen molar-refractivity contribution >= 4 is 9.76 Å².